The highest BCUT2D eigenvalue weighted by atomic mass is 79.9. The SMILES string of the molecule is CC12CCC(C1)C(C)(C)C2NCc1ccc(O)c(Br)c1. The van der Waals surface area contributed by atoms with Crippen LogP contribution in [0.3, 0.4) is 0 Å². The van der Waals surface area contributed by atoms with Gasteiger partial charge in [0.15, 0.2) is 0 Å². The normalized spacial score (nSPS) is 34.6. The second-order valence-electron chi connectivity index (χ2n) is 7.51. The van der Waals surface area contributed by atoms with Crippen LogP contribution in [-0.4, -0.2) is 11.1 Å². The molecule has 3 atom stereocenters. The Morgan fingerprint density at radius 1 is 1.35 bits per heavy atom. The topological polar surface area (TPSA) is 32.3 Å². The molecule has 2 fully saturated rings. The quantitative estimate of drug-likeness (QED) is 0.853. The zero-order valence-corrected chi connectivity index (χ0v) is 14.1. The first kappa shape index (κ1) is 14.4. The maximum atomic E-state index is 9.57. The fraction of sp³-hybridized carbons (Fsp3) is 0.647. The molecule has 2 aliphatic carbocycles. The van der Waals surface area contributed by atoms with E-state index in [0.717, 1.165) is 16.9 Å². The van der Waals surface area contributed by atoms with Crippen molar-refractivity contribution >= 4 is 15.9 Å². The molecule has 0 aromatic heterocycles. The van der Waals surface area contributed by atoms with Crippen LogP contribution in [0.4, 0.5) is 0 Å². The molecule has 3 rings (SSSR count). The zero-order valence-electron chi connectivity index (χ0n) is 12.5. The maximum Gasteiger partial charge on any atom is 0.129 e. The molecule has 3 unspecified atom stereocenters. The summed E-state index contributed by atoms with van der Waals surface area (Å²) in [7, 11) is 0. The number of halogens is 1. The standard InChI is InChI=1S/C17H24BrNO/c1-16(2)12-6-7-17(3,9-12)15(16)19-10-11-4-5-14(20)13(18)8-11/h4-5,8,12,15,19-20H,6-7,9-10H2,1-3H3. The summed E-state index contributed by atoms with van der Waals surface area (Å²) in [5.74, 6) is 1.18. The van der Waals surface area contributed by atoms with Crippen molar-refractivity contribution in [3.63, 3.8) is 0 Å². The molecule has 0 aliphatic heterocycles. The molecule has 2 N–H and O–H groups in total. The lowest BCUT2D eigenvalue weighted by Gasteiger charge is -2.43. The highest BCUT2D eigenvalue weighted by Crippen LogP contribution is 2.62. The van der Waals surface area contributed by atoms with Crippen molar-refractivity contribution in [1.29, 1.82) is 0 Å². The Bertz CT molecular complexity index is 523. The second-order valence-corrected chi connectivity index (χ2v) is 8.37. The molecule has 2 nitrogen and oxygen atoms in total. The van der Waals surface area contributed by atoms with Crippen molar-refractivity contribution < 1.29 is 5.11 Å². The van der Waals surface area contributed by atoms with Crippen LogP contribution in [0, 0.1) is 16.7 Å². The molecular formula is C17H24BrNO. The maximum absolute atomic E-state index is 9.57. The Hall–Kier alpha value is -0.540. The fourth-order valence-electron chi connectivity index (χ4n) is 4.69. The van der Waals surface area contributed by atoms with E-state index in [1.807, 2.05) is 12.1 Å². The van der Waals surface area contributed by atoms with Crippen LogP contribution in [0.15, 0.2) is 22.7 Å². The Kier molecular flexibility index (Phi) is 3.41. The molecule has 20 heavy (non-hydrogen) atoms. The lowest BCUT2D eigenvalue weighted by Crippen LogP contribution is -2.49. The lowest BCUT2D eigenvalue weighted by molar-refractivity contribution is 0.108. The van der Waals surface area contributed by atoms with Crippen LogP contribution in [-0.2, 0) is 6.54 Å². The van der Waals surface area contributed by atoms with Gasteiger partial charge in [-0.2, -0.15) is 0 Å². The smallest absolute Gasteiger partial charge is 0.129 e. The van der Waals surface area contributed by atoms with Gasteiger partial charge in [0.2, 0.25) is 0 Å². The molecule has 1 aromatic carbocycles. The van der Waals surface area contributed by atoms with Gasteiger partial charge in [-0.15, -0.1) is 0 Å². The van der Waals surface area contributed by atoms with Crippen molar-refractivity contribution in [1.82, 2.24) is 5.32 Å². The summed E-state index contributed by atoms with van der Waals surface area (Å²) in [5.41, 5.74) is 2.07. The lowest BCUT2D eigenvalue weighted by atomic mass is 9.68. The molecule has 2 aliphatic rings. The van der Waals surface area contributed by atoms with E-state index in [1.54, 1.807) is 6.07 Å². The molecule has 0 saturated heterocycles. The zero-order chi connectivity index (χ0) is 14.5. The van der Waals surface area contributed by atoms with Gasteiger partial charge in [-0.05, 0) is 69.6 Å². The summed E-state index contributed by atoms with van der Waals surface area (Å²) in [4.78, 5) is 0. The summed E-state index contributed by atoms with van der Waals surface area (Å²) in [5, 5.41) is 13.4. The predicted molar refractivity (Wildman–Crippen MR) is 85.7 cm³/mol. The summed E-state index contributed by atoms with van der Waals surface area (Å²) in [6.07, 6.45) is 4.13. The predicted octanol–water partition coefficient (Wildman–Crippen LogP) is 4.46. The average molecular weight is 338 g/mol. The Morgan fingerprint density at radius 2 is 2.10 bits per heavy atom. The molecule has 1 aromatic rings. The number of benzene rings is 1. The van der Waals surface area contributed by atoms with Crippen molar-refractivity contribution in [3.8, 4) is 5.75 Å². The van der Waals surface area contributed by atoms with Gasteiger partial charge < -0.3 is 10.4 Å². The van der Waals surface area contributed by atoms with Crippen LogP contribution in [0.5, 0.6) is 5.75 Å². The van der Waals surface area contributed by atoms with E-state index >= 15 is 0 Å². The molecule has 3 heteroatoms. The van der Waals surface area contributed by atoms with Crippen LogP contribution in [0.2, 0.25) is 0 Å². The van der Waals surface area contributed by atoms with Gasteiger partial charge >= 0.3 is 0 Å². The first-order valence-electron chi connectivity index (χ1n) is 7.54. The van der Waals surface area contributed by atoms with E-state index < -0.39 is 0 Å². The van der Waals surface area contributed by atoms with Crippen molar-refractivity contribution in [2.45, 2.75) is 52.6 Å². The molecule has 0 amide bonds. The van der Waals surface area contributed by atoms with E-state index in [-0.39, 0.29) is 0 Å². The Balaban J connectivity index is 1.73. The van der Waals surface area contributed by atoms with Gasteiger partial charge in [0, 0.05) is 12.6 Å². The molecule has 2 bridgehead atoms. The van der Waals surface area contributed by atoms with E-state index in [9.17, 15) is 5.11 Å². The minimum atomic E-state index is 0.306. The molecule has 0 heterocycles. The first-order valence-corrected chi connectivity index (χ1v) is 8.33. The third kappa shape index (κ3) is 2.19. The molecule has 110 valence electrons. The van der Waals surface area contributed by atoms with E-state index in [4.69, 9.17) is 0 Å². The third-order valence-electron chi connectivity index (χ3n) is 5.79. The number of phenolic OH excluding ortho intramolecular Hbond substituents is 1. The van der Waals surface area contributed by atoms with E-state index in [1.165, 1.54) is 24.8 Å². The van der Waals surface area contributed by atoms with Gasteiger partial charge in [-0.3, -0.25) is 0 Å². The molecule has 0 radical (unpaired) electrons. The minimum absolute atomic E-state index is 0.306. The summed E-state index contributed by atoms with van der Waals surface area (Å²) in [6.45, 7) is 8.17. The number of rotatable bonds is 3. The summed E-state index contributed by atoms with van der Waals surface area (Å²) < 4.78 is 0.773. The van der Waals surface area contributed by atoms with Crippen LogP contribution < -0.4 is 5.32 Å². The van der Waals surface area contributed by atoms with Gasteiger partial charge in [0.25, 0.3) is 0 Å². The number of hydrogen-bond acceptors (Lipinski definition) is 2. The molecule has 2 saturated carbocycles. The number of hydrogen-bond donors (Lipinski definition) is 2. The Morgan fingerprint density at radius 3 is 2.70 bits per heavy atom. The molecular weight excluding hydrogens is 314 g/mol. The van der Waals surface area contributed by atoms with E-state index in [0.29, 0.717) is 22.6 Å². The highest BCUT2D eigenvalue weighted by molar-refractivity contribution is 9.10. The van der Waals surface area contributed by atoms with Gasteiger partial charge in [-0.25, -0.2) is 0 Å². The van der Waals surface area contributed by atoms with Gasteiger partial charge in [0.1, 0.15) is 5.75 Å². The number of aromatic hydroxyl groups is 1. The Labute approximate surface area is 130 Å². The molecule has 0 spiro atoms. The largest absolute Gasteiger partial charge is 0.507 e. The monoisotopic (exact) mass is 337 g/mol. The van der Waals surface area contributed by atoms with Gasteiger partial charge in [0.05, 0.1) is 4.47 Å². The van der Waals surface area contributed by atoms with Crippen LogP contribution in [0.25, 0.3) is 0 Å². The number of phenols is 1. The summed E-state index contributed by atoms with van der Waals surface area (Å²) >= 11 is 3.39. The van der Waals surface area contributed by atoms with Crippen molar-refractivity contribution in [2.75, 3.05) is 0 Å². The summed E-state index contributed by atoms with van der Waals surface area (Å²) in [6, 6.07) is 6.34. The van der Waals surface area contributed by atoms with E-state index in [2.05, 4.69) is 42.0 Å². The number of nitrogens with one attached hydrogen (secondary N) is 1. The van der Waals surface area contributed by atoms with Crippen molar-refractivity contribution in [2.24, 2.45) is 16.7 Å². The minimum Gasteiger partial charge on any atom is -0.507 e. The first-order chi connectivity index (χ1) is 9.33. The number of fused-ring (bicyclic) bond motifs is 2. The third-order valence-corrected chi connectivity index (χ3v) is 6.43. The second kappa shape index (κ2) is 4.74. The fourth-order valence-corrected chi connectivity index (χ4v) is 5.12. The van der Waals surface area contributed by atoms with Gasteiger partial charge in [-0.1, -0.05) is 26.8 Å². The van der Waals surface area contributed by atoms with Crippen LogP contribution in [0.1, 0.15) is 45.6 Å². The van der Waals surface area contributed by atoms with Crippen LogP contribution >= 0.6 is 15.9 Å². The average Bonchev–Trinajstić information content (AvgIpc) is 2.84. The highest BCUT2D eigenvalue weighted by Gasteiger charge is 2.58. The van der Waals surface area contributed by atoms with Crippen molar-refractivity contribution in [3.05, 3.63) is 28.2 Å².